The van der Waals surface area contributed by atoms with Gasteiger partial charge in [0.05, 0.1) is 11.0 Å². The number of benzene rings is 9. The van der Waals surface area contributed by atoms with Gasteiger partial charge in [-0.25, -0.2) is 0 Å². The molecule has 0 radical (unpaired) electrons. The molecule has 53 heavy (non-hydrogen) atoms. The number of aromatic nitrogens is 1. The van der Waals surface area contributed by atoms with Gasteiger partial charge in [-0.3, -0.25) is 0 Å². The highest BCUT2D eigenvalue weighted by atomic mass is 15.0. The summed E-state index contributed by atoms with van der Waals surface area (Å²) in [5.41, 5.74) is 12.3. The Hall–Kier alpha value is -6.44. The first-order chi connectivity index (χ1) is 26.0. The maximum Gasteiger partial charge on any atom is 0.0576 e. The third-order valence-electron chi connectivity index (χ3n) is 11.0. The van der Waals surface area contributed by atoms with E-state index in [1.165, 1.54) is 98.6 Å². The molecule has 0 aliphatic carbocycles. The summed E-state index contributed by atoms with van der Waals surface area (Å²) in [6.45, 7) is 6.98. The van der Waals surface area contributed by atoms with Crippen LogP contribution in [0.3, 0.4) is 0 Å². The second kappa shape index (κ2) is 12.1. The Morgan fingerprint density at radius 3 is 1.42 bits per heavy atom. The zero-order chi connectivity index (χ0) is 35.7. The lowest BCUT2D eigenvalue weighted by molar-refractivity contribution is 0.424. The van der Waals surface area contributed by atoms with E-state index in [1.807, 2.05) is 0 Å². The quantitative estimate of drug-likeness (QED) is 0.163. The van der Waals surface area contributed by atoms with E-state index in [0.29, 0.717) is 0 Å². The number of rotatable bonds is 4. The second-order valence-electron chi connectivity index (χ2n) is 15.3. The number of nitrogens with zero attached hydrogens (tertiary/aromatic N) is 1. The second-order valence-corrected chi connectivity index (χ2v) is 15.3. The van der Waals surface area contributed by atoms with E-state index in [4.69, 9.17) is 0 Å². The van der Waals surface area contributed by atoms with Crippen LogP contribution < -0.4 is 0 Å². The zero-order valence-corrected chi connectivity index (χ0v) is 30.3. The number of fused-ring (bicyclic) bond motifs is 7. The molecule has 0 fully saturated rings. The van der Waals surface area contributed by atoms with Crippen LogP contribution in [0.15, 0.2) is 182 Å². The van der Waals surface area contributed by atoms with Gasteiger partial charge in [-0.2, -0.15) is 0 Å². The van der Waals surface area contributed by atoms with Gasteiger partial charge >= 0.3 is 0 Å². The third-order valence-corrected chi connectivity index (χ3v) is 11.0. The van der Waals surface area contributed by atoms with Crippen molar-refractivity contribution in [3.8, 4) is 44.5 Å². The molecule has 0 unspecified atom stereocenters. The fourth-order valence-electron chi connectivity index (χ4n) is 8.83. The van der Waals surface area contributed by atoms with Gasteiger partial charge in [-0.15, -0.1) is 0 Å². The Balaban J connectivity index is 1.33. The lowest BCUT2D eigenvalue weighted by Crippen LogP contribution is -2.21. The minimum Gasteiger partial charge on any atom is -0.335 e. The Morgan fingerprint density at radius 1 is 0.358 bits per heavy atom. The summed E-state index contributed by atoms with van der Waals surface area (Å²) in [5, 5.41) is 10.2. The van der Waals surface area contributed by atoms with Gasteiger partial charge in [0, 0.05) is 21.7 Å². The van der Waals surface area contributed by atoms with Crippen LogP contribution in [0.5, 0.6) is 0 Å². The first kappa shape index (κ1) is 31.3. The van der Waals surface area contributed by atoms with E-state index in [0.717, 1.165) is 0 Å². The monoisotopic (exact) mass is 677 g/mol. The summed E-state index contributed by atoms with van der Waals surface area (Å²) < 4.78 is 2.57. The molecular weight excluding hydrogens is 639 g/mol. The molecule has 1 heteroatoms. The summed E-state index contributed by atoms with van der Waals surface area (Å²) in [4.78, 5) is 0. The molecular formula is C52H39N. The highest BCUT2D eigenvalue weighted by Gasteiger charge is 2.26. The van der Waals surface area contributed by atoms with Crippen molar-refractivity contribution in [2.45, 2.75) is 26.3 Å². The zero-order valence-electron chi connectivity index (χ0n) is 30.3. The van der Waals surface area contributed by atoms with Gasteiger partial charge in [-0.1, -0.05) is 158 Å². The van der Waals surface area contributed by atoms with Crippen molar-refractivity contribution in [1.29, 1.82) is 0 Å². The van der Waals surface area contributed by atoms with E-state index in [-0.39, 0.29) is 5.54 Å². The maximum atomic E-state index is 2.57. The molecule has 252 valence electrons. The van der Waals surface area contributed by atoms with Crippen molar-refractivity contribution in [3.63, 3.8) is 0 Å². The highest BCUT2D eigenvalue weighted by molar-refractivity contribution is 6.28. The van der Waals surface area contributed by atoms with E-state index in [2.05, 4.69) is 207 Å². The molecule has 0 N–H and O–H groups in total. The summed E-state index contributed by atoms with van der Waals surface area (Å²) in [5.74, 6) is 0. The van der Waals surface area contributed by atoms with Crippen molar-refractivity contribution < 1.29 is 0 Å². The van der Waals surface area contributed by atoms with E-state index >= 15 is 0 Å². The lowest BCUT2D eigenvalue weighted by Gasteiger charge is -2.25. The molecule has 0 spiro atoms. The molecule has 0 atom stereocenters. The van der Waals surface area contributed by atoms with Crippen molar-refractivity contribution in [2.24, 2.45) is 0 Å². The summed E-state index contributed by atoms with van der Waals surface area (Å²) in [6, 6.07) is 67.2. The predicted molar refractivity (Wildman–Crippen MR) is 229 cm³/mol. The summed E-state index contributed by atoms with van der Waals surface area (Å²) >= 11 is 0. The van der Waals surface area contributed by atoms with Crippen molar-refractivity contribution in [1.82, 2.24) is 4.57 Å². The summed E-state index contributed by atoms with van der Waals surface area (Å²) in [7, 11) is 0. The van der Waals surface area contributed by atoms with Crippen LogP contribution in [0.4, 0.5) is 0 Å². The number of hydrogen-bond donors (Lipinski definition) is 0. The molecule has 10 aromatic rings. The number of hydrogen-bond acceptors (Lipinski definition) is 0. The van der Waals surface area contributed by atoms with Crippen LogP contribution in [0.2, 0.25) is 0 Å². The Morgan fingerprint density at radius 2 is 0.849 bits per heavy atom. The standard InChI is InChI=1S/C52H39N/c1-52(2,3)53-47-28-16-27-45(50(47)46-30-29-36-21-10-11-22-40(36)51(46)53)49-43-25-14-12-23-41(43)48(42-24-13-15-26-44(42)49)39-32-37(34-17-6-4-7-18-34)31-38(33-39)35-19-8-5-9-20-35/h4-33H,1-3H3. The van der Waals surface area contributed by atoms with Gasteiger partial charge in [0.15, 0.2) is 0 Å². The first-order valence-corrected chi connectivity index (χ1v) is 18.6. The van der Waals surface area contributed by atoms with Gasteiger partial charge in [0.25, 0.3) is 0 Å². The van der Waals surface area contributed by atoms with Gasteiger partial charge in [0.2, 0.25) is 0 Å². The maximum absolute atomic E-state index is 2.57. The molecule has 1 nitrogen and oxygen atoms in total. The van der Waals surface area contributed by atoms with Crippen molar-refractivity contribution >= 4 is 54.1 Å². The van der Waals surface area contributed by atoms with E-state index in [9.17, 15) is 0 Å². The predicted octanol–water partition coefficient (Wildman–Crippen LogP) is 14.7. The highest BCUT2D eigenvalue weighted by Crippen LogP contribution is 2.49. The minimum absolute atomic E-state index is 0.128. The van der Waals surface area contributed by atoms with Crippen molar-refractivity contribution in [2.75, 3.05) is 0 Å². The van der Waals surface area contributed by atoms with Crippen LogP contribution >= 0.6 is 0 Å². The molecule has 9 aromatic carbocycles. The average molecular weight is 678 g/mol. The van der Waals surface area contributed by atoms with Crippen LogP contribution in [-0.4, -0.2) is 4.57 Å². The molecule has 0 aliphatic rings. The molecule has 1 heterocycles. The smallest absolute Gasteiger partial charge is 0.0576 e. The van der Waals surface area contributed by atoms with Crippen LogP contribution in [0, 0.1) is 0 Å². The molecule has 10 rings (SSSR count). The van der Waals surface area contributed by atoms with E-state index < -0.39 is 0 Å². The topological polar surface area (TPSA) is 4.93 Å². The Bertz CT molecular complexity index is 2900. The lowest BCUT2D eigenvalue weighted by atomic mass is 9.83. The van der Waals surface area contributed by atoms with Crippen LogP contribution in [-0.2, 0) is 5.54 Å². The molecule has 0 amide bonds. The molecule has 1 aromatic heterocycles. The molecule has 0 saturated heterocycles. The normalized spacial score (nSPS) is 12.1. The van der Waals surface area contributed by atoms with Crippen LogP contribution in [0.1, 0.15) is 20.8 Å². The summed E-state index contributed by atoms with van der Waals surface area (Å²) in [6.07, 6.45) is 0. The Kier molecular flexibility index (Phi) is 7.13. The Labute approximate surface area is 310 Å². The first-order valence-electron chi connectivity index (χ1n) is 18.6. The molecule has 0 saturated carbocycles. The average Bonchev–Trinajstić information content (AvgIpc) is 3.57. The van der Waals surface area contributed by atoms with Gasteiger partial charge in [0.1, 0.15) is 0 Å². The van der Waals surface area contributed by atoms with Crippen LogP contribution in [0.25, 0.3) is 98.6 Å². The molecule has 0 bridgehead atoms. The third kappa shape index (κ3) is 4.99. The molecule has 0 aliphatic heterocycles. The van der Waals surface area contributed by atoms with E-state index in [1.54, 1.807) is 0 Å². The largest absolute Gasteiger partial charge is 0.335 e. The fourth-order valence-corrected chi connectivity index (χ4v) is 8.83. The van der Waals surface area contributed by atoms with Gasteiger partial charge in [-0.05, 0) is 116 Å². The SMILES string of the molecule is CC(C)(C)n1c2cccc(-c3c4ccccc4c(-c4cc(-c5ccccc5)cc(-c5ccccc5)c4)c4ccccc34)c2c2ccc3ccccc3c21. The fraction of sp³-hybridized carbons (Fsp3) is 0.0769. The van der Waals surface area contributed by atoms with Gasteiger partial charge < -0.3 is 4.57 Å². The minimum atomic E-state index is -0.128. The van der Waals surface area contributed by atoms with Crippen molar-refractivity contribution in [3.05, 3.63) is 182 Å².